The van der Waals surface area contributed by atoms with Gasteiger partial charge in [-0.3, -0.25) is 19.3 Å². The molecule has 54 heavy (non-hydrogen) atoms. The van der Waals surface area contributed by atoms with Gasteiger partial charge in [0.1, 0.15) is 29.8 Å². The molecule has 280 valence electrons. The fraction of sp³-hybridized carbons (Fsp3) is 0.279. The first kappa shape index (κ1) is 39.0. The van der Waals surface area contributed by atoms with Gasteiger partial charge >= 0.3 is 12.1 Å². The highest BCUT2D eigenvalue weighted by Gasteiger charge is 2.39. The monoisotopic (exact) mass is 729 g/mol. The number of hydrogen-bond donors (Lipinski definition) is 2. The van der Waals surface area contributed by atoms with Crippen LogP contribution in [0.5, 0.6) is 0 Å². The van der Waals surface area contributed by atoms with Gasteiger partial charge in [-0.25, -0.2) is 9.78 Å². The van der Waals surface area contributed by atoms with Crippen LogP contribution >= 0.6 is 0 Å². The Hall–Kier alpha value is -6.23. The van der Waals surface area contributed by atoms with E-state index in [0.29, 0.717) is 11.4 Å². The van der Waals surface area contributed by atoms with Crippen LogP contribution in [0.4, 0.5) is 10.5 Å². The lowest BCUT2D eigenvalue weighted by Gasteiger charge is -2.37. The van der Waals surface area contributed by atoms with Crippen LogP contribution in [-0.4, -0.2) is 64.8 Å². The zero-order valence-electron chi connectivity index (χ0n) is 31.5. The lowest BCUT2D eigenvalue weighted by atomic mass is 9.77. The molecule has 11 nitrogen and oxygen atoms in total. The molecule has 0 aliphatic heterocycles. The van der Waals surface area contributed by atoms with Crippen LogP contribution in [0.3, 0.4) is 0 Å². The number of nitrogens with zero attached hydrogens (tertiary/aromatic N) is 3. The molecule has 2 atom stereocenters. The van der Waals surface area contributed by atoms with Crippen molar-refractivity contribution in [2.45, 2.75) is 64.3 Å². The van der Waals surface area contributed by atoms with Crippen molar-refractivity contribution in [3.63, 3.8) is 0 Å². The van der Waals surface area contributed by atoms with Gasteiger partial charge in [-0.05, 0) is 63.4 Å². The number of carbonyl (C=O) groups excluding carboxylic acids is 4. The highest BCUT2D eigenvalue weighted by atomic mass is 16.6. The van der Waals surface area contributed by atoms with E-state index in [0.717, 1.165) is 22.3 Å². The first-order valence-electron chi connectivity index (χ1n) is 17.8. The summed E-state index contributed by atoms with van der Waals surface area (Å²) >= 11 is 0. The normalized spacial score (nSPS) is 12.6. The number of aromatic nitrogens is 2. The molecule has 0 bridgehead atoms. The van der Waals surface area contributed by atoms with Crippen LogP contribution in [0, 0.1) is 6.92 Å². The number of ether oxygens (including phenoxy) is 2. The van der Waals surface area contributed by atoms with E-state index in [1.54, 1.807) is 46.2 Å². The molecular formula is C43H47N5O6. The van der Waals surface area contributed by atoms with Gasteiger partial charge in [-0.2, -0.15) is 0 Å². The number of methoxy groups -OCH3 is 1. The van der Waals surface area contributed by atoms with Crippen LogP contribution in [0.1, 0.15) is 55.6 Å². The molecule has 0 aliphatic rings. The quantitative estimate of drug-likeness (QED) is 0.109. The van der Waals surface area contributed by atoms with Crippen LogP contribution in [0.2, 0.25) is 0 Å². The number of nitrogens with one attached hydrogen (secondary N) is 2. The van der Waals surface area contributed by atoms with Crippen LogP contribution in [-0.2, 0) is 35.8 Å². The molecule has 3 amide bonds. The predicted octanol–water partition coefficient (Wildman–Crippen LogP) is 6.18. The van der Waals surface area contributed by atoms with E-state index in [9.17, 15) is 19.2 Å². The maximum absolute atomic E-state index is 14.1. The number of carbonyl (C=O) groups is 4. The van der Waals surface area contributed by atoms with Gasteiger partial charge in [0.25, 0.3) is 0 Å². The minimum atomic E-state index is -1.19. The molecule has 5 aromatic rings. The summed E-state index contributed by atoms with van der Waals surface area (Å²) in [6.07, 6.45) is 2.82. The van der Waals surface area contributed by atoms with Gasteiger partial charge in [0.05, 0.1) is 19.1 Å². The lowest BCUT2D eigenvalue weighted by Crippen LogP contribution is -2.55. The van der Waals surface area contributed by atoms with Crippen molar-refractivity contribution in [1.82, 2.24) is 20.2 Å². The number of aryl methyl sites for hydroxylation is 1. The van der Waals surface area contributed by atoms with Gasteiger partial charge in [-0.15, -0.1) is 0 Å². The Kier molecular flexibility index (Phi) is 12.3. The summed E-state index contributed by atoms with van der Waals surface area (Å²) in [4.78, 5) is 59.3. The molecule has 4 aromatic carbocycles. The maximum Gasteiger partial charge on any atom is 0.415 e. The summed E-state index contributed by atoms with van der Waals surface area (Å²) in [5.74, 6) is -1.90. The number of rotatable bonds is 13. The van der Waals surface area contributed by atoms with Crippen LogP contribution in [0.25, 0.3) is 0 Å². The number of imidazole rings is 1. The molecule has 0 saturated heterocycles. The second-order valence-corrected chi connectivity index (χ2v) is 14.0. The Balaban J connectivity index is 1.52. The zero-order valence-corrected chi connectivity index (χ0v) is 31.5. The van der Waals surface area contributed by atoms with Gasteiger partial charge in [0, 0.05) is 18.3 Å². The van der Waals surface area contributed by atoms with E-state index in [-0.39, 0.29) is 6.42 Å². The molecule has 5 rings (SSSR count). The molecule has 0 radical (unpaired) electrons. The average molecular weight is 730 g/mol. The topological polar surface area (TPSA) is 132 Å². The third-order valence-corrected chi connectivity index (χ3v) is 8.95. The third kappa shape index (κ3) is 9.03. The summed E-state index contributed by atoms with van der Waals surface area (Å²) < 4.78 is 12.4. The highest BCUT2D eigenvalue weighted by molar-refractivity contribution is 5.99. The van der Waals surface area contributed by atoms with Crippen molar-refractivity contribution in [2.75, 3.05) is 18.6 Å². The molecule has 11 heteroatoms. The molecular weight excluding hydrogens is 683 g/mol. The van der Waals surface area contributed by atoms with E-state index in [1.807, 2.05) is 84.4 Å². The van der Waals surface area contributed by atoms with Crippen molar-refractivity contribution in [2.24, 2.45) is 0 Å². The number of benzene rings is 4. The van der Waals surface area contributed by atoms with Crippen molar-refractivity contribution < 1.29 is 28.7 Å². The van der Waals surface area contributed by atoms with Gasteiger partial charge in [0.2, 0.25) is 11.8 Å². The molecule has 2 N–H and O–H groups in total. The van der Waals surface area contributed by atoms with E-state index in [2.05, 4.69) is 47.0 Å². The van der Waals surface area contributed by atoms with Gasteiger partial charge < -0.3 is 24.7 Å². The molecule has 0 saturated carbocycles. The first-order valence-corrected chi connectivity index (χ1v) is 17.8. The zero-order chi connectivity index (χ0) is 38.9. The second-order valence-electron chi connectivity index (χ2n) is 14.0. The lowest BCUT2D eigenvalue weighted by molar-refractivity contribution is -0.141. The molecule has 0 fully saturated rings. The number of anilines is 1. The molecule has 0 spiro atoms. The minimum absolute atomic E-state index is 0.0378. The summed E-state index contributed by atoms with van der Waals surface area (Å²) in [7, 11) is 1.22. The Morgan fingerprint density at radius 1 is 0.778 bits per heavy atom. The van der Waals surface area contributed by atoms with Crippen LogP contribution in [0.15, 0.2) is 128 Å². The van der Waals surface area contributed by atoms with Crippen LogP contribution < -0.4 is 15.5 Å². The molecule has 1 aromatic heterocycles. The summed E-state index contributed by atoms with van der Waals surface area (Å²) in [5, 5.41) is 5.39. The smallest absolute Gasteiger partial charge is 0.415 e. The SMILES string of the molecule is COC(=O)CNC(=O)[C@H](Cc1cn(C(c2ccccc2)(c2ccccc2)c2ccccc2)cn1)NC(=O)[C@H](C)N(C(=O)OC(C)(C)C)c1ccc(C)cc1. The predicted molar refractivity (Wildman–Crippen MR) is 207 cm³/mol. The van der Waals surface area contributed by atoms with Crippen molar-refractivity contribution >= 4 is 29.6 Å². The van der Waals surface area contributed by atoms with E-state index >= 15 is 0 Å². The average Bonchev–Trinajstić information content (AvgIpc) is 3.63. The largest absolute Gasteiger partial charge is 0.468 e. The number of hydrogen-bond acceptors (Lipinski definition) is 7. The molecule has 0 unspecified atom stereocenters. The van der Waals surface area contributed by atoms with E-state index in [1.165, 1.54) is 12.0 Å². The minimum Gasteiger partial charge on any atom is -0.468 e. The fourth-order valence-electron chi connectivity index (χ4n) is 6.32. The van der Waals surface area contributed by atoms with Gasteiger partial charge in [0.15, 0.2) is 0 Å². The third-order valence-electron chi connectivity index (χ3n) is 8.95. The molecule has 0 aliphatic carbocycles. The van der Waals surface area contributed by atoms with Gasteiger partial charge in [-0.1, -0.05) is 109 Å². The van der Waals surface area contributed by atoms with Crippen molar-refractivity contribution in [1.29, 1.82) is 0 Å². The highest BCUT2D eigenvalue weighted by Crippen LogP contribution is 2.40. The Morgan fingerprint density at radius 2 is 1.30 bits per heavy atom. The Morgan fingerprint density at radius 3 is 1.78 bits per heavy atom. The Labute approximate surface area is 316 Å². The Bertz CT molecular complexity index is 1930. The summed E-state index contributed by atoms with van der Waals surface area (Å²) in [6.45, 7) is 8.30. The standard InChI is InChI=1S/C43H47N5O6/c1-30-22-24-36(25-23-30)48(41(52)54-42(3,4)5)31(2)39(50)46-37(40(51)44-27-38(49)53-6)26-35-28-47(29-45-35)43(32-16-10-7-11-17-32,33-18-12-8-13-19-33)34-20-14-9-15-21-34/h7-25,28-29,31,37H,26-27H2,1-6H3,(H,44,51)(H,46,50)/t31-,37-/m0/s1. The first-order chi connectivity index (χ1) is 25.8. The summed E-state index contributed by atoms with van der Waals surface area (Å²) in [5.41, 5.74) is 3.19. The van der Waals surface area contributed by atoms with E-state index in [4.69, 9.17) is 14.5 Å². The fourth-order valence-corrected chi connectivity index (χ4v) is 6.32. The van der Waals surface area contributed by atoms with E-state index < -0.39 is 53.6 Å². The maximum atomic E-state index is 14.1. The number of esters is 1. The number of amides is 3. The van der Waals surface area contributed by atoms with Crippen molar-refractivity contribution in [3.8, 4) is 0 Å². The summed E-state index contributed by atoms with van der Waals surface area (Å²) in [6, 6.07) is 35.1. The van der Waals surface area contributed by atoms with Crippen molar-refractivity contribution in [3.05, 3.63) is 156 Å². The molecule has 1 heterocycles. The second kappa shape index (κ2) is 17.1.